The van der Waals surface area contributed by atoms with Gasteiger partial charge in [-0.15, -0.1) is 0 Å². The van der Waals surface area contributed by atoms with Gasteiger partial charge in [-0.2, -0.15) is 0 Å². The van der Waals surface area contributed by atoms with E-state index in [1.165, 1.54) is 12.8 Å². The lowest BCUT2D eigenvalue weighted by atomic mass is 9.82. The Morgan fingerprint density at radius 3 is 2.44 bits per heavy atom. The van der Waals surface area contributed by atoms with E-state index in [0.717, 1.165) is 25.2 Å². The van der Waals surface area contributed by atoms with E-state index in [4.69, 9.17) is 0 Å². The zero-order valence-electron chi connectivity index (χ0n) is 10.4. The molecule has 1 atom stereocenters. The molecule has 3 heteroatoms. The number of hydrogen-bond donors (Lipinski definition) is 1. The van der Waals surface area contributed by atoms with Crippen LogP contribution in [0.5, 0.6) is 0 Å². The van der Waals surface area contributed by atoms with Crippen molar-refractivity contribution in [2.45, 2.75) is 63.8 Å². The molecule has 16 heavy (non-hydrogen) atoms. The van der Waals surface area contributed by atoms with Gasteiger partial charge in [-0.05, 0) is 31.1 Å². The molecule has 0 spiro atoms. The van der Waals surface area contributed by atoms with Crippen LogP contribution in [-0.2, 0) is 0 Å². The minimum Gasteiger partial charge on any atom is -0.305 e. The van der Waals surface area contributed by atoms with E-state index >= 15 is 0 Å². The molecule has 1 unspecified atom stereocenters. The molecule has 1 nitrogen and oxygen atoms in total. The van der Waals surface area contributed by atoms with Crippen molar-refractivity contribution in [2.75, 3.05) is 6.54 Å². The minimum absolute atomic E-state index is 0.0465. The molecule has 0 radical (unpaired) electrons. The van der Waals surface area contributed by atoms with Gasteiger partial charge in [0.15, 0.2) is 0 Å². The Kier molecular flexibility index (Phi) is 3.26. The Hall–Kier alpha value is -0.180. The number of rotatable bonds is 5. The molecule has 1 heterocycles. The summed E-state index contributed by atoms with van der Waals surface area (Å²) in [4.78, 5) is 0. The van der Waals surface area contributed by atoms with E-state index in [2.05, 4.69) is 19.2 Å². The third-order valence-corrected chi connectivity index (χ3v) is 3.85. The average Bonchev–Trinajstić information content (AvgIpc) is 2.90. The summed E-state index contributed by atoms with van der Waals surface area (Å²) >= 11 is 0. The zero-order valence-corrected chi connectivity index (χ0v) is 10.4. The lowest BCUT2D eigenvalue weighted by Crippen LogP contribution is -2.41. The summed E-state index contributed by atoms with van der Waals surface area (Å²) in [5.74, 6) is -1.17. The largest absolute Gasteiger partial charge is 0.305 e. The van der Waals surface area contributed by atoms with Gasteiger partial charge in [-0.25, -0.2) is 8.78 Å². The number of nitrogens with one attached hydrogen (secondary N) is 1. The highest BCUT2D eigenvalue weighted by atomic mass is 19.3. The second-order valence-electron chi connectivity index (χ2n) is 6.25. The molecule has 94 valence electrons. The third-order valence-electron chi connectivity index (χ3n) is 3.85. The number of halogens is 2. The number of alkyl halides is 2. The highest BCUT2D eigenvalue weighted by Crippen LogP contribution is 2.43. The molecule has 0 aromatic heterocycles. The molecule has 1 aliphatic carbocycles. The summed E-state index contributed by atoms with van der Waals surface area (Å²) < 4.78 is 26.7. The van der Waals surface area contributed by atoms with Crippen LogP contribution in [0.4, 0.5) is 8.78 Å². The van der Waals surface area contributed by atoms with Crippen LogP contribution in [0.15, 0.2) is 0 Å². The van der Waals surface area contributed by atoms with Crippen molar-refractivity contribution in [3.05, 3.63) is 0 Å². The molecular weight excluding hydrogens is 208 g/mol. The van der Waals surface area contributed by atoms with Gasteiger partial charge in [0.25, 0.3) is 5.92 Å². The molecule has 1 saturated carbocycles. The maximum absolute atomic E-state index is 13.4. The molecule has 2 aliphatic rings. The first-order chi connectivity index (χ1) is 7.41. The summed E-state index contributed by atoms with van der Waals surface area (Å²) in [6.07, 6.45) is 5.63. The van der Waals surface area contributed by atoms with Crippen LogP contribution in [-0.4, -0.2) is 18.0 Å². The van der Waals surface area contributed by atoms with Gasteiger partial charge in [-0.1, -0.05) is 26.7 Å². The fourth-order valence-electron chi connectivity index (χ4n) is 3.03. The maximum atomic E-state index is 13.4. The van der Waals surface area contributed by atoms with Crippen LogP contribution < -0.4 is 5.32 Å². The summed E-state index contributed by atoms with van der Waals surface area (Å²) in [5, 5.41) is 3.12. The summed E-state index contributed by atoms with van der Waals surface area (Å²) in [6, 6.07) is 0. The van der Waals surface area contributed by atoms with E-state index in [0.29, 0.717) is 5.92 Å². The molecule has 0 bridgehead atoms. The Labute approximate surface area is 97.0 Å². The highest BCUT2D eigenvalue weighted by molar-refractivity contribution is 5.01. The van der Waals surface area contributed by atoms with Crippen LogP contribution >= 0.6 is 0 Å². The topological polar surface area (TPSA) is 12.0 Å². The Balaban J connectivity index is 1.94. The average molecular weight is 231 g/mol. The Morgan fingerprint density at radius 2 is 2.00 bits per heavy atom. The van der Waals surface area contributed by atoms with Gasteiger partial charge in [0.2, 0.25) is 0 Å². The van der Waals surface area contributed by atoms with Crippen molar-refractivity contribution in [3.8, 4) is 0 Å². The fraction of sp³-hybridized carbons (Fsp3) is 1.00. The van der Waals surface area contributed by atoms with Crippen molar-refractivity contribution in [1.82, 2.24) is 5.32 Å². The van der Waals surface area contributed by atoms with Gasteiger partial charge in [-0.3, -0.25) is 0 Å². The van der Waals surface area contributed by atoms with Crippen molar-refractivity contribution < 1.29 is 8.78 Å². The summed E-state index contributed by atoms with van der Waals surface area (Å²) in [7, 11) is 0. The zero-order chi connectivity index (χ0) is 11.8. The van der Waals surface area contributed by atoms with E-state index in [-0.39, 0.29) is 18.5 Å². The molecule has 1 aliphatic heterocycles. The van der Waals surface area contributed by atoms with Crippen molar-refractivity contribution in [3.63, 3.8) is 0 Å². The molecular formula is C13H23F2N. The van der Waals surface area contributed by atoms with Crippen LogP contribution in [0.1, 0.15) is 52.4 Å². The first-order valence-electron chi connectivity index (χ1n) is 6.54. The molecule has 2 fully saturated rings. The molecule has 2 rings (SSSR count). The van der Waals surface area contributed by atoms with Gasteiger partial charge in [0, 0.05) is 12.0 Å². The molecule has 0 aromatic rings. The standard InChI is InChI=1S/C13H23F2N/c1-10(2)7-12(6-5-11-3-4-11)8-13(14,15)9-16-12/h10-11,16H,3-9H2,1-2H3. The van der Waals surface area contributed by atoms with Crippen molar-refractivity contribution >= 4 is 0 Å². The van der Waals surface area contributed by atoms with E-state index in [9.17, 15) is 8.78 Å². The lowest BCUT2D eigenvalue weighted by molar-refractivity contribution is 0.0134. The second kappa shape index (κ2) is 4.25. The monoisotopic (exact) mass is 231 g/mol. The molecule has 1 N–H and O–H groups in total. The maximum Gasteiger partial charge on any atom is 0.262 e. The van der Waals surface area contributed by atoms with Gasteiger partial charge in [0.05, 0.1) is 6.54 Å². The van der Waals surface area contributed by atoms with Gasteiger partial charge in [0.1, 0.15) is 0 Å². The third kappa shape index (κ3) is 3.16. The van der Waals surface area contributed by atoms with Gasteiger partial charge >= 0.3 is 0 Å². The predicted octanol–water partition coefficient (Wildman–Crippen LogP) is 3.59. The van der Waals surface area contributed by atoms with Crippen molar-refractivity contribution in [1.29, 1.82) is 0 Å². The first kappa shape index (κ1) is 12.3. The summed E-state index contributed by atoms with van der Waals surface area (Å²) in [6.45, 7) is 4.12. The van der Waals surface area contributed by atoms with Crippen LogP contribution in [0.2, 0.25) is 0 Å². The fourth-order valence-corrected chi connectivity index (χ4v) is 3.03. The molecule has 0 amide bonds. The minimum atomic E-state index is -2.49. The van der Waals surface area contributed by atoms with E-state index in [1.807, 2.05) is 0 Å². The van der Waals surface area contributed by atoms with Crippen LogP contribution in [0, 0.1) is 11.8 Å². The van der Waals surface area contributed by atoms with Crippen molar-refractivity contribution in [2.24, 2.45) is 11.8 Å². The van der Waals surface area contributed by atoms with Crippen LogP contribution in [0.3, 0.4) is 0 Å². The van der Waals surface area contributed by atoms with Crippen LogP contribution in [0.25, 0.3) is 0 Å². The lowest BCUT2D eigenvalue weighted by Gasteiger charge is -2.31. The normalized spacial score (nSPS) is 33.6. The predicted molar refractivity (Wildman–Crippen MR) is 61.7 cm³/mol. The number of hydrogen-bond acceptors (Lipinski definition) is 1. The van der Waals surface area contributed by atoms with Gasteiger partial charge < -0.3 is 5.32 Å². The van der Waals surface area contributed by atoms with E-state index in [1.54, 1.807) is 0 Å². The Morgan fingerprint density at radius 1 is 1.31 bits per heavy atom. The highest BCUT2D eigenvalue weighted by Gasteiger charge is 2.49. The first-order valence-corrected chi connectivity index (χ1v) is 6.54. The smallest absolute Gasteiger partial charge is 0.262 e. The quantitative estimate of drug-likeness (QED) is 0.762. The van der Waals surface area contributed by atoms with E-state index < -0.39 is 5.92 Å². The molecule has 0 aromatic carbocycles. The summed E-state index contributed by atoms with van der Waals surface area (Å²) in [5.41, 5.74) is -0.278. The Bertz CT molecular complexity index is 248. The SMILES string of the molecule is CC(C)CC1(CCC2CC2)CC(F)(F)CN1. The molecule has 1 saturated heterocycles. The second-order valence-corrected chi connectivity index (χ2v) is 6.25.